The first kappa shape index (κ1) is 9.16. The molecule has 14 heavy (non-hydrogen) atoms. The van der Waals surface area contributed by atoms with Crippen molar-refractivity contribution < 1.29 is 5.11 Å². The molecule has 0 fully saturated rings. The van der Waals surface area contributed by atoms with Crippen molar-refractivity contribution >= 4 is 10.9 Å². The predicted octanol–water partition coefficient (Wildman–Crippen LogP) is 2.60. The topological polar surface area (TPSA) is 33.1 Å². The van der Waals surface area contributed by atoms with Crippen LogP contribution in [0.4, 0.5) is 0 Å². The van der Waals surface area contributed by atoms with Crippen LogP contribution in [0.1, 0.15) is 24.3 Å². The van der Waals surface area contributed by atoms with Gasteiger partial charge < -0.3 is 5.11 Å². The first-order valence-corrected chi connectivity index (χ1v) is 4.73. The molecule has 2 aromatic rings. The summed E-state index contributed by atoms with van der Waals surface area (Å²) in [5.74, 6) is 0. The normalized spacial score (nSPS) is 13.1. The molecule has 0 spiro atoms. The summed E-state index contributed by atoms with van der Waals surface area (Å²) in [7, 11) is 0. The number of hydrogen-bond donors (Lipinski definition) is 1. The molecule has 0 bridgehead atoms. The Morgan fingerprint density at radius 2 is 2.00 bits per heavy atom. The van der Waals surface area contributed by atoms with Gasteiger partial charge in [0, 0.05) is 5.39 Å². The lowest BCUT2D eigenvalue weighted by molar-refractivity contribution is 0.194. The molecule has 1 aromatic heterocycles. The van der Waals surface area contributed by atoms with Crippen molar-refractivity contribution in [2.24, 2.45) is 0 Å². The van der Waals surface area contributed by atoms with Crippen LogP contribution in [0.15, 0.2) is 30.3 Å². The van der Waals surface area contributed by atoms with Crippen LogP contribution in [0.2, 0.25) is 0 Å². The molecule has 0 unspecified atom stereocenters. The van der Waals surface area contributed by atoms with E-state index in [-0.39, 0.29) is 0 Å². The van der Waals surface area contributed by atoms with E-state index in [4.69, 9.17) is 0 Å². The second-order valence-corrected chi connectivity index (χ2v) is 3.56. The largest absolute Gasteiger partial charge is 0.387 e. The standard InChI is InChI=1S/C12H13NO/c1-8-7-12(9(2)14)13-11-6-4-3-5-10(8)11/h3-7,9,14H,1-2H3/t9-/m1/s1. The minimum Gasteiger partial charge on any atom is -0.387 e. The Morgan fingerprint density at radius 3 is 2.71 bits per heavy atom. The molecule has 0 saturated heterocycles. The third kappa shape index (κ3) is 1.49. The predicted molar refractivity (Wildman–Crippen MR) is 57.1 cm³/mol. The molecule has 0 amide bonds. The number of fused-ring (bicyclic) bond motifs is 1. The van der Waals surface area contributed by atoms with Gasteiger partial charge in [0.2, 0.25) is 0 Å². The summed E-state index contributed by atoms with van der Waals surface area (Å²) in [6.45, 7) is 3.77. The number of aromatic nitrogens is 1. The van der Waals surface area contributed by atoms with Crippen LogP contribution < -0.4 is 0 Å². The van der Waals surface area contributed by atoms with E-state index in [1.54, 1.807) is 6.92 Å². The highest BCUT2D eigenvalue weighted by Gasteiger charge is 2.05. The van der Waals surface area contributed by atoms with Crippen molar-refractivity contribution in [3.05, 3.63) is 41.6 Å². The summed E-state index contributed by atoms with van der Waals surface area (Å²) in [6.07, 6.45) is -0.502. The van der Waals surface area contributed by atoms with E-state index in [9.17, 15) is 5.11 Å². The van der Waals surface area contributed by atoms with Gasteiger partial charge in [0.25, 0.3) is 0 Å². The zero-order chi connectivity index (χ0) is 10.1. The van der Waals surface area contributed by atoms with Crippen LogP contribution in [0.3, 0.4) is 0 Å². The van der Waals surface area contributed by atoms with Crippen molar-refractivity contribution in [1.82, 2.24) is 4.98 Å². The lowest BCUT2D eigenvalue weighted by atomic mass is 10.1. The minimum absolute atomic E-state index is 0.502. The summed E-state index contributed by atoms with van der Waals surface area (Å²) in [5, 5.41) is 10.6. The number of hydrogen-bond acceptors (Lipinski definition) is 2. The SMILES string of the molecule is Cc1cc([C@@H](C)O)nc2ccccc12. The highest BCUT2D eigenvalue weighted by molar-refractivity contribution is 5.82. The third-order valence-electron chi connectivity index (χ3n) is 2.37. The van der Waals surface area contributed by atoms with Gasteiger partial charge in [-0.2, -0.15) is 0 Å². The highest BCUT2D eigenvalue weighted by Crippen LogP contribution is 2.20. The van der Waals surface area contributed by atoms with Crippen molar-refractivity contribution in [2.75, 3.05) is 0 Å². The van der Waals surface area contributed by atoms with Crippen molar-refractivity contribution in [2.45, 2.75) is 20.0 Å². The molecular formula is C12H13NO. The zero-order valence-electron chi connectivity index (χ0n) is 8.36. The smallest absolute Gasteiger partial charge is 0.0932 e. The third-order valence-corrected chi connectivity index (χ3v) is 2.37. The van der Waals surface area contributed by atoms with E-state index in [0.29, 0.717) is 0 Å². The second-order valence-electron chi connectivity index (χ2n) is 3.56. The Labute approximate surface area is 83.2 Å². The molecule has 2 heteroatoms. The van der Waals surface area contributed by atoms with E-state index in [2.05, 4.69) is 4.98 Å². The van der Waals surface area contributed by atoms with Gasteiger partial charge in [-0.25, -0.2) is 0 Å². The van der Waals surface area contributed by atoms with Gasteiger partial charge in [-0.1, -0.05) is 18.2 Å². The van der Waals surface area contributed by atoms with Crippen LogP contribution >= 0.6 is 0 Å². The first-order valence-electron chi connectivity index (χ1n) is 4.73. The van der Waals surface area contributed by atoms with E-state index in [1.165, 1.54) is 0 Å². The van der Waals surface area contributed by atoms with Crippen molar-refractivity contribution in [3.63, 3.8) is 0 Å². The molecule has 72 valence electrons. The van der Waals surface area contributed by atoms with E-state index in [1.807, 2.05) is 37.3 Å². The van der Waals surface area contributed by atoms with Gasteiger partial charge >= 0.3 is 0 Å². The van der Waals surface area contributed by atoms with Crippen molar-refractivity contribution in [1.29, 1.82) is 0 Å². The zero-order valence-corrected chi connectivity index (χ0v) is 8.36. The van der Waals surface area contributed by atoms with Crippen LogP contribution in [0.25, 0.3) is 10.9 Å². The number of aliphatic hydroxyl groups excluding tert-OH is 1. The van der Waals surface area contributed by atoms with Gasteiger partial charge in [-0.3, -0.25) is 4.98 Å². The van der Waals surface area contributed by atoms with E-state index >= 15 is 0 Å². The average molecular weight is 187 g/mol. The Bertz CT molecular complexity index is 463. The molecule has 1 heterocycles. The van der Waals surface area contributed by atoms with Crippen LogP contribution in [0.5, 0.6) is 0 Å². The van der Waals surface area contributed by atoms with E-state index in [0.717, 1.165) is 22.2 Å². The first-order chi connectivity index (χ1) is 6.68. The molecule has 0 saturated carbocycles. The van der Waals surface area contributed by atoms with Crippen molar-refractivity contribution in [3.8, 4) is 0 Å². The van der Waals surface area contributed by atoms with Crippen LogP contribution in [-0.4, -0.2) is 10.1 Å². The van der Waals surface area contributed by atoms with Gasteiger partial charge in [0.05, 0.1) is 17.3 Å². The molecule has 0 aliphatic rings. The molecule has 1 aromatic carbocycles. The lowest BCUT2D eigenvalue weighted by Gasteiger charge is -2.07. The molecule has 2 rings (SSSR count). The van der Waals surface area contributed by atoms with Crippen LogP contribution in [-0.2, 0) is 0 Å². The number of aryl methyl sites for hydroxylation is 1. The number of benzene rings is 1. The Morgan fingerprint density at radius 1 is 1.29 bits per heavy atom. The minimum atomic E-state index is -0.502. The summed E-state index contributed by atoms with van der Waals surface area (Å²) in [6, 6.07) is 9.91. The number of aliphatic hydroxyl groups is 1. The summed E-state index contributed by atoms with van der Waals surface area (Å²) in [5.41, 5.74) is 2.84. The summed E-state index contributed by atoms with van der Waals surface area (Å²) >= 11 is 0. The fourth-order valence-electron chi connectivity index (χ4n) is 1.59. The van der Waals surface area contributed by atoms with Gasteiger partial charge in [-0.05, 0) is 31.5 Å². The maximum atomic E-state index is 9.45. The monoisotopic (exact) mass is 187 g/mol. The summed E-state index contributed by atoms with van der Waals surface area (Å²) in [4.78, 5) is 4.39. The molecule has 0 aliphatic heterocycles. The molecule has 2 nitrogen and oxygen atoms in total. The summed E-state index contributed by atoms with van der Waals surface area (Å²) < 4.78 is 0. The molecule has 0 radical (unpaired) electrons. The maximum Gasteiger partial charge on any atom is 0.0932 e. The second kappa shape index (κ2) is 3.39. The lowest BCUT2D eigenvalue weighted by Crippen LogP contribution is -1.97. The van der Waals surface area contributed by atoms with E-state index < -0.39 is 6.10 Å². The fraction of sp³-hybridized carbons (Fsp3) is 0.250. The Hall–Kier alpha value is -1.41. The quantitative estimate of drug-likeness (QED) is 0.744. The maximum absolute atomic E-state index is 9.45. The van der Waals surface area contributed by atoms with Gasteiger partial charge in [-0.15, -0.1) is 0 Å². The molecular weight excluding hydrogens is 174 g/mol. The number of nitrogens with zero attached hydrogens (tertiary/aromatic N) is 1. The van der Waals surface area contributed by atoms with Gasteiger partial charge in [0.15, 0.2) is 0 Å². The highest BCUT2D eigenvalue weighted by atomic mass is 16.3. The molecule has 1 N–H and O–H groups in total. The Balaban J connectivity index is 2.72. The Kier molecular flexibility index (Phi) is 2.22. The number of pyridine rings is 1. The van der Waals surface area contributed by atoms with Crippen LogP contribution in [0, 0.1) is 6.92 Å². The molecule has 1 atom stereocenters. The fourth-order valence-corrected chi connectivity index (χ4v) is 1.59. The molecule has 0 aliphatic carbocycles. The number of para-hydroxylation sites is 1. The average Bonchev–Trinajstić information content (AvgIpc) is 2.17. The number of rotatable bonds is 1. The van der Waals surface area contributed by atoms with Gasteiger partial charge in [0.1, 0.15) is 0 Å².